The van der Waals surface area contributed by atoms with Crippen molar-refractivity contribution < 1.29 is 39.8 Å². The highest BCUT2D eigenvalue weighted by Gasteiger charge is 2.44. The van der Waals surface area contributed by atoms with E-state index < -0.39 is 49.5 Å². The number of hydrogen-bond acceptors (Lipinski definition) is 8. The largest absolute Gasteiger partial charge is 0.394 e. The number of ether oxygens (including phenoxy) is 2. The zero-order chi connectivity index (χ0) is 36.0. The third-order valence-electron chi connectivity index (χ3n) is 8.27. The van der Waals surface area contributed by atoms with Gasteiger partial charge in [0.25, 0.3) is 0 Å². The Labute approximate surface area is 296 Å². The van der Waals surface area contributed by atoms with Gasteiger partial charge in [0, 0.05) is 6.42 Å². The Morgan fingerprint density at radius 1 is 0.714 bits per heavy atom. The summed E-state index contributed by atoms with van der Waals surface area (Å²) in [6.45, 7) is 3.39. The third kappa shape index (κ3) is 22.1. The van der Waals surface area contributed by atoms with Gasteiger partial charge < -0.3 is 40.3 Å². The van der Waals surface area contributed by atoms with E-state index in [2.05, 4.69) is 73.0 Å². The minimum atomic E-state index is -1.57. The number of carbonyl (C=O) groups is 1. The van der Waals surface area contributed by atoms with E-state index in [9.17, 15) is 30.3 Å². The summed E-state index contributed by atoms with van der Waals surface area (Å²) < 4.78 is 11.0. The lowest BCUT2D eigenvalue weighted by molar-refractivity contribution is -0.302. The van der Waals surface area contributed by atoms with Crippen molar-refractivity contribution in [2.24, 2.45) is 0 Å². The molecule has 7 atom stereocenters. The molecule has 1 heterocycles. The van der Waals surface area contributed by atoms with E-state index in [-0.39, 0.29) is 12.5 Å². The summed E-state index contributed by atoms with van der Waals surface area (Å²) in [5.74, 6) is -0.206. The number of amides is 1. The average Bonchev–Trinajstić information content (AvgIpc) is 3.10. The maximum atomic E-state index is 12.7. The predicted molar refractivity (Wildman–Crippen MR) is 198 cm³/mol. The second kappa shape index (κ2) is 30.5. The Morgan fingerprint density at radius 2 is 1.27 bits per heavy atom. The number of aliphatic hydroxyl groups is 5. The molecule has 1 fully saturated rings. The van der Waals surface area contributed by atoms with Crippen molar-refractivity contribution in [2.45, 2.75) is 159 Å². The molecule has 49 heavy (non-hydrogen) atoms. The van der Waals surface area contributed by atoms with Gasteiger partial charge in [-0.3, -0.25) is 4.79 Å². The van der Waals surface area contributed by atoms with Gasteiger partial charge in [0.15, 0.2) is 6.29 Å². The van der Waals surface area contributed by atoms with Crippen LogP contribution in [0.1, 0.15) is 117 Å². The number of unbranched alkanes of at least 4 members (excludes halogenated alkanes) is 8. The Bertz CT molecular complexity index is 989. The van der Waals surface area contributed by atoms with Crippen molar-refractivity contribution in [3.8, 4) is 0 Å². The first-order chi connectivity index (χ1) is 23.8. The number of aliphatic hydroxyl groups excluding tert-OH is 5. The van der Waals surface area contributed by atoms with E-state index >= 15 is 0 Å². The molecule has 9 nitrogen and oxygen atoms in total. The summed E-state index contributed by atoms with van der Waals surface area (Å²) in [5.41, 5.74) is 0. The fraction of sp³-hybridized carbons (Fsp3) is 0.675. The van der Waals surface area contributed by atoms with Crippen LogP contribution in [0.15, 0.2) is 72.9 Å². The van der Waals surface area contributed by atoms with Gasteiger partial charge in [0.2, 0.25) is 5.91 Å². The van der Waals surface area contributed by atoms with Gasteiger partial charge in [-0.15, -0.1) is 0 Å². The van der Waals surface area contributed by atoms with Crippen LogP contribution in [0.5, 0.6) is 0 Å². The lowest BCUT2D eigenvalue weighted by atomic mass is 9.99. The highest BCUT2D eigenvalue weighted by atomic mass is 16.7. The summed E-state index contributed by atoms with van der Waals surface area (Å²) in [7, 11) is 0. The minimum absolute atomic E-state index is 0.203. The highest BCUT2D eigenvalue weighted by molar-refractivity contribution is 5.76. The van der Waals surface area contributed by atoms with Gasteiger partial charge in [-0.1, -0.05) is 125 Å². The molecule has 0 aromatic rings. The first kappa shape index (κ1) is 44.7. The smallest absolute Gasteiger partial charge is 0.220 e. The molecule has 1 rings (SSSR count). The molecule has 0 spiro atoms. The summed E-state index contributed by atoms with van der Waals surface area (Å²) >= 11 is 0. The molecular weight excluding hydrogens is 622 g/mol. The SMILES string of the molecule is CC/C=C\C/C=C\C/C=C\C/C=C\C/C=C\CCCCCCCCCC(=O)NC(COC1OC(CO)C(O)C(O)C1O)C(O)/C=C/CCC. The van der Waals surface area contributed by atoms with Crippen molar-refractivity contribution in [1.82, 2.24) is 5.32 Å². The van der Waals surface area contributed by atoms with Crippen LogP contribution in [-0.4, -0.2) is 87.5 Å². The Balaban J connectivity index is 2.20. The summed E-state index contributed by atoms with van der Waals surface area (Å²) in [5, 5.41) is 53.2. The quantitative estimate of drug-likeness (QED) is 0.0416. The monoisotopic (exact) mass is 689 g/mol. The normalized spacial score (nSPS) is 23.3. The zero-order valence-corrected chi connectivity index (χ0v) is 30.2. The van der Waals surface area contributed by atoms with Crippen LogP contribution in [0.3, 0.4) is 0 Å². The number of nitrogens with one attached hydrogen (secondary N) is 1. The molecule has 0 aromatic carbocycles. The van der Waals surface area contributed by atoms with Crippen LogP contribution in [0, 0.1) is 0 Å². The van der Waals surface area contributed by atoms with Gasteiger partial charge in [0.1, 0.15) is 24.4 Å². The van der Waals surface area contributed by atoms with E-state index in [0.29, 0.717) is 6.42 Å². The van der Waals surface area contributed by atoms with E-state index in [0.717, 1.165) is 77.0 Å². The molecule has 0 aromatic heterocycles. The molecule has 0 aliphatic carbocycles. The molecule has 0 radical (unpaired) electrons. The minimum Gasteiger partial charge on any atom is -0.394 e. The topological polar surface area (TPSA) is 149 Å². The molecule has 0 saturated carbocycles. The van der Waals surface area contributed by atoms with Crippen molar-refractivity contribution in [3.63, 3.8) is 0 Å². The predicted octanol–water partition coefficient (Wildman–Crippen LogP) is 6.27. The lowest BCUT2D eigenvalue weighted by Gasteiger charge is -2.40. The van der Waals surface area contributed by atoms with Gasteiger partial charge in [0.05, 0.1) is 25.4 Å². The van der Waals surface area contributed by atoms with E-state index in [1.54, 1.807) is 6.08 Å². The summed E-state index contributed by atoms with van der Waals surface area (Å²) in [4.78, 5) is 12.7. The zero-order valence-electron chi connectivity index (χ0n) is 30.2. The van der Waals surface area contributed by atoms with Gasteiger partial charge in [-0.2, -0.15) is 0 Å². The molecule has 1 aliphatic heterocycles. The number of hydrogen-bond donors (Lipinski definition) is 6. The first-order valence-corrected chi connectivity index (χ1v) is 18.7. The van der Waals surface area contributed by atoms with Crippen molar-refractivity contribution in [2.75, 3.05) is 13.2 Å². The first-order valence-electron chi connectivity index (χ1n) is 18.7. The van der Waals surface area contributed by atoms with Crippen LogP contribution in [0.2, 0.25) is 0 Å². The van der Waals surface area contributed by atoms with Gasteiger partial charge >= 0.3 is 0 Å². The number of rotatable bonds is 28. The molecule has 280 valence electrons. The second-order valence-electron chi connectivity index (χ2n) is 12.6. The maximum Gasteiger partial charge on any atom is 0.220 e. The average molecular weight is 690 g/mol. The third-order valence-corrected chi connectivity index (χ3v) is 8.27. The fourth-order valence-electron chi connectivity index (χ4n) is 5.24. The van der Waals surface area contributed by atoms with Crippen LogP contribution < -0.4 is 5.32 Å². The number of allylic oxidation sites excluding steroid dienone is 11. The van der Waals surface area contributed by atoms with Gasteiger partial charge in [-0.25, -0.2) is 0 Å². The molecule has 1 saturated heterocycles. The van der Waals surface area contributed by atoms with Crippen molar-refractivity contribution in [3.05, 3.63) is 72.9 Å². The molecule has 6 N–H and O–H groups in total. The molecular formula is C40H67NO8. The van der Waals surface area contributed by atoms with Crippen LogP contribution >= 0.6 is 0 Å². The molecule has 9 heteroatoms. The highest BCUT2D eigenvalue weighted by Crippen LogP contribution is 2.22. The van der Waals surface area contributed by atoms with Crippen LogP contribution in [0.25, 0.3) is 0 Å². The molecule has 7 unspecified atom stereocenters. The Morgan fingerprint density at radius 3 is 1.84 bits per heavy atom. The van der Waals surface area contributed by atoms with Crippen LogP contribution in [-0.2, 0) is 14.3 Å². The Hall–Kier alpha value is -2.37. The van der Waals surface area contributed by atoms with Crippen molar-refractivity contribution >= 4 is 5.91 Å². The Kier molecular flexibility index (Phi) is 27.8. The molecule has 1 amide bonds. The lowest BCUT2D eigenvalue weighted by Crippen LogP contribution is -2.60. The standard InChI is InChI=1S/C40H67NO8/c1-3-5-7-8-9-10-11-12-13-14-15-16-17-18-19-20-21-22-23-24-25-26-28-30-36(44)41-33(34(43)29-27-6-4-2)32-48-40-39(47)38(46)37(45)35(31-42)49-40/h5,7,9-10,12-13,15-16,18-19,27,29,33-35,37-40,42-43,45-47H,3-4,6,8,11,14,17,20-26,28,30-32H2,1-2H3,(H,41,44)/b7-5-,10-9-,13-12-,16-15-,19-18-,29-27+. The maximum absolute atomic E-state index is 12.7. The van der Waals surface area contributed by atoms with Crippen molar-refractivity contribution in [1.29, 1.82) is 0 Å². The molecule has 1 aliphatic rings. The van der Waals surface area contributed by atoms with E-state index in [1.165, 1.54) is 19.3 Å². The van der Waals surface area contributed by atoms with E-state index in [1.807, 2.05) is 13.0 Å². The summed E-state index contributed by atoms with van der Waals surface area (Å²) in [6, 6.07) is -0.809. The second-order valence-corrected chi connectivity index (χ2v) is 12.6. The van der Waals surface area contributed by atoms with Crippen LogP contribution in [0.4, 0.5) is 0 Å². The van der Waals surface area contributed by atoms with Gasteiger partial charge in [-0.05, 0) is 57.8 Å². The molecule has 0 bridgehead atoms. The van der Waals surface area contributed by atoms with E-state index in [4.69, 9.17) is 9.47 Å². The fourth-order valence-corrected chi connectivity index (χ4v) is 5.24. The summed E-state index contributed by atoms with van der Waals surface area (Å²) in [6.07, 6.45) is 33.2. The number of carbonyl (C=O) groups excluding carboxylic acids is 1.